The van der Waals surface area contributed by atoms with E-state index in [0.717, 1.165) is 27.8 Å². The first kappa shape index (κ1) is 24.9. The van der Waals surface area contributed by atoms with Gasteiger partial charge < -0.3 is 10.1 Å². The minimum absolute atomic E-state index is 0.287. The third-order valence-electron chi connectivity index (χ3n) is 6.76. The maximum atomic E-state index is 14.5. The summed E-state index contributed by atoms with van der Waals surface area (Å²) < 4.78 is 5.12. The molecule has 36 heavy (non-hydrogen) atoms. The van der Waals surface area contributed by atoms with Crippen molar-refractivity contribution in [2.24, 2.45) is 0 Å². The van der Waals surface area contributed by atoms with Gasteiger partial charge in [-0.15, -0.1) is 0 Å². The van der Waals surface area contributed by atoms with Crippen molar-refractivity contribution in [3.05, 3.63) is 143 Å². The van der Waals surface area contributed by atoms with E-state index in [0.29, 0.717) is 6.42 Å². The number of nitrogens with one attached hydrogen (secondary N) is 1. The Hall–Kier alpha value is -4.18. The van der Waals surface area contributed by atoms with E-state index < -0.39 is 17.4 Å². The van der Waals surface area contributed by atoms with Gasteiger partial charge in [0.2, 0.25) is 5.91 Å². The lowest BCUT2D eigenvalue weighted by atomic mass is 9.68. The summed E-state index contributed by atoms with van der Waals surface area (Å²) in [5, 5.41) is 3.07. The van der Waals surface area contributed by atoms with E-state index in [1.165, 1.54) is 12.7 Å². The Bertz CT molecular complexity index is 1220. The number of carbonyl (C=O) groups is 2. The monoisotopic (exact) mass is 477 g/mol. The molecule has 0 spiro atoms. The first-order chi connectivity index (χ1) is 17.5. The highest BCUT2D eigenvalue weighted by Crippen LogP contribution is 2.39. The van der Waals surface area contributed by atoms with Crippen molar-refractivity contribution >= 4 is 11.9 Å². The molecule has 0 bridgehead atoms. The number of amides is 1. The predicted octanol–water partition coefficient (Wildman–Crippen LogP) is 5.54. The molecule has 0 heterocycles. The molecule has 0 fully saturated rings. The number of esters is 1. The molecule has 182 valence electrons. The van der Waals surface area contributed by atoms with Gasteiger partial charge in [0.15, 0.2) is 0 Å². The van der Waals surface area contributed by atoms with Crippen LogP contribution in [0.1, 0.15) is 33.4 Å². The number of benzene rings is 4. The van der Waals surface area contributed by atoms with Crippen LogP contribution in [-0.4, -0.2) is 25.0 Å². The second-order valence-corrected chi connectivity index (χ2v) is 9.02. The molecular weight excluding hydrogens is 446 g/mol. The summed E-state index contributed by atoms with van der Waals surface area (Å²) >= 11 is 0. The van der Waals surface area contributed by atoms with Gasteiger partial charge >= 0.3 is 5.97 Å². The highest BCUT2D eigenvalue weighted by Gasteiger charge is 2.45. The normalized spacial score (nSPS) is 12.0. The zero-order chi connectivity index (χ0) is 25.5. The Kier molecular flexibility index (Phi) is 7.65. The van der Waals surface area contributed by atoms with Crippen LogP contribution in [0.2, 0.25) is 0 Å². The minimum Gasteiger partial charge on any atom is -0.467 e. The van der Waals surface area contributed by atoms with Gasteiger partial charge in [0.05, 0.1) is 7.11 Å². The number of methoxy groups -OCH3 is 1. The van der Waals surface area contributed by atoms with E-state index in [-0.39, 0.29) is 5.91 Å². The summed E-state index contributed by atoms with van der Waals surface area (Å²) in [4.78, 5) is 27.4. The Labute approximate surface area is 213 Å². The van der Waals surface area contributed by atoms with Crippen molar-refractivity contribution in [3.8, 4) is 0 Å². The van der Waals surface area contributed by atoms with E-state index in [1.807, 2.05) is 117 Å². The number of hydrogen-bond acceptors (Lipinski definition) is 3. The Morgan fingerprint density at radius 3 is 1.61 bits per heavy atom. The highest BCUT2D eigenvalue weighted by atomic mass is 16.5. The van der Waals surface area contributed by atoms with Crippen molar-refractivity contribution < 1.29 is 14.3 Å². The van der Waals surface area contributed by atoms with Crippen molar-refractivity contribution in [1.29, 1.82) is 0 Å². The molecule has 0 saturated heterocycles. The minimum atomic E-state index is -1.17. The average molecular weight is 478 g/mol. The zero-order valence-corrected chi connectivity index (χ0v) is 20.9. The molecule has 4 aromatic carbocycles. The lowest BCUT2D eigenvalue weighted by Crippen LogP contribution is -2.52. The molecule has 1 atom stereocenters. The van der Waals surface area contributed by atoms with Gasteiger partial charge in [-0.05, 0) is 47.2 Å². The fraction of sp³-hybridized carbons (Fsp3) is 0.188. The number of aryl methyl sites for hydroxylation is 2. The topological polar surface area (TPSA) is 55.4 Å². The number of rotatable bonds is 8. The van der Waals surface area contributed by atoms with Gasteiger partial charge in [-0.3, -0.25) is 4.79 Å². The first-order valence-electron chi connectivity index (χ1n) is 12.1. The summed E-state index contributed by atoms with van der Waals surface area (Å²) in [6.45, 7) is 4.09. The molecule has 0 unspecified atom stereocenters. The van der Waals surface area contributed by atoms with E-state index in [2.05, 4.69) is 11.4 Å². The van der Waals surface area contributed by atoms with Crippen LogP contribution in [0.3, 0.4) is 0 Å². The highest BCUT2D eigenvalue weighted by molar-refractivity contribution is 5.98. The van der Waals surface area contributed by atoms with Crippen LogP contribution in [0.5, 0.6) is 0 Å². The quantitative estimate of drug-likeness (QED) is 0.268. The SMILES string of the molecule is COC(=O)[C@H](Cc1ccc(C)c(C)c1)NC(=O)C(c1ccccc1)(c1ccccc1)c1ccccc1. The Morgan fingerprint density at radius 2 is 1.19 bits per heavy atom. The molecular formula is C32H31NO3. The standard InChI is InChI=1S/C32H31NO3/c1-23-19-20-25(21-24(23)2)22-29(30(34)36-3)33-31(35)32(26-13-7-4-8-14-26,27-15-9-5-10-16-27)28-17-11-6-12-18-28/h4-21,29H,22H2,1-3H3,(H,33,35)/t29-/m0/s1. The summed E-state index contributed by atoms with van der Waals surface area (Å²) in [6, 6.07) is 34.3. The summed E-state index contributed by atoms with van der Waals surface area (Å²) in [5.41, 5.74) is 4.54. The van der Waals surface area contributed by atoms with Gasteiger partial charge in [0.1, 0.15) is 11.5 Å². The zero-order valence-electron chi connectivity index (χ0n) is 20.9. The molecule has 4 rings (SSSR count). The molecule has 0 radical (unpaired) electrons. The van der Waals surface area contributed by atoms with Crippen LogP contribution in [-0.2, 0) is 26.2 Å². The molecule has 1 N–H and O–H groups in total. The van der Waals surface area contributed by atoms with E-state index in [9.17, 15) is 9.59 Å². The Balaban J connectivity index is 1.84. The maximum Gasteiger partial charge on any atom is 0.328 e. The molecule has 0 saturated carbocycles. The molecule has 0 aliphatic rings. The third kappa shape index (κ3) is 4.94. The van der Waals surface area contributed by atoms with Crippen LogP contribution < -0.4 is 5.32 Å². The van der Waals surface area contributed by atoms with Crippen molar-refractivity contribution in [2.45, 2.75) is 31.7 Å². The fourth-order valence-electron chi connectivity index (χ4n) is 4.73. The molecule has 0 aliphatic carbocycles. The lowest BCUT2D eigenvalue weighted by Gasteiger charge is -2.35. The van der Waals surface area contributed by atoms with Crippen molar-refractivity contribution in [2.75, 3.05) is 7.11 Å². The van der Waals surface area contributed by atoms with Gasteiger partial charge in [-0.2, -0.15) is 0 Å². The molecule has 4 heteroatoms. The van der Waals surface area contributed by atoms with Gasteiger partial charge in [-0.25, -0.2) is 4.79 Å². The van der Waals surface area contributed by atoms with Crippen LogP contribution in [0.25, 0.3) is 0 Å². The van der Waals surface area contributed by atoms with E-state index in [4.69, 9.17) is 4.74 Å². The Morgan fingerprint density at radius 1 is 0.722 bits per heavy atom. The van der Waals surface area contributed by atoms with Gasteiger partial charge in [0.25, 0.3) is 0 Å². The van der Waals surface area contributed by atoms with Crippen molar-refractivity contribution in [3.63, 3.8) is 0 Å². The van der Waals surface area contributed by atoms with Gasteiger partial charge in [0, 0.05) is 6.42 Å². The van der Waals surface area contributed by atoms with Gasteiger partial charge in [-0.1, -0.05) is 109 Å². The van der Waals surface area contributed by atoms with Crippen LogP contribution in [0.4, 0.5) is 0 Å². The summed E-state index contributed by atoms with van der Waals surface area (Å²) in [7, 11) is 1.35. The number of carbonyl (C=O) groups excluding carboxylic acids is 2. The smallest absolute Gasteiger partial charge is 0.328 e. The summed E-state index contributed by atoms with van der Waals surface area (Å²) in [6.07, 6.45) is 0.327. The lowest BCUT2D eigenvalue weighted by molar-refractivity contribution is -0.145. The molecule has 0 aromatic heterocycles. The van der Waals surface area contributed by atoms with E-state index >= 15 is 0 Å². The average Bonchev–Trinajstić information content (AvgIpc) is 2.92. The van der Waals surface area contributed by atoms with Crippen molar-refractivity contribution in [1.82, 2.24) is 5.32 Å². The molecule has 4 nitrogen and oxygen atoms in total. The molecule has 0 aliphatic heterocycles. The first-order valence-corrected chi connectivity index (χ1v) is 12.1. The molecule has 1 amide bonds. The van der Waals surface area contributed by atoms with E-state index in [1.54, 1.807) is 0 Å². The fourth-order valence-corrected chi connectivity index (χ4v) is 4.73. The third-order valence-corrected chi connectivity index (χ3v) is 6.76. The largest absolute Gasteiger partial charge is 0.467 e. The second-order valence-electron chi connectivity index (χ2n) is 9.02. The van der Waals surface area contributed by atoms with Crippen LogP contribution in [0.15, 0.2) is 109 Å². The van der Waals surface area contributed by atoms with Crippen LogP contribution >= 0.6 is 0 Å². The number of ether oxygens (including phenoxy) is 1. The molecule has 4 aromatic rings. The maximum absolute atomic E-state index is 14.5. The number of hydrogen-bond donors (Lipinski definition) is 1. The van der Waals surface area contributed by atoms with Crippen LogP contribution in [0, 0.1) is 13.8 Å². The summed E-state index contributed by atoms with van der Waals surface area (Å²) in [5.74, 6) is -0.769. The second kappa shape index (κ2) is 11.0. The predicted molar refractivity (Wildman–Crippen MR) is 143 cm³/mol.